The summed E-state index contributed by atoms with van der Waals surface area (Å²) in [5.74, 6) is -5.27. The Kier molecular flexibility index (Phi) is 14.2. The van der Waals surface area contributed by atoms with Gasteiger partial charge in [-0.2, -0.15) is 0 Å². The predicted octanol–water partition coefficient (Wildman–Crippen LogP) is 2.50. The number of carbonyl (C=O) groups excluding carboxylic acids is 7. The summed E-state index contributed by atoms with van der Waals surface area (Å²) in [5.41, 5.74) is 0.332. The fraction of sp³-hybridized carbons (Fsp3) is 0.545. The van der Waals surface area contributed by atoms with E-state index in [1.807, 2.05) is 0 Å². The van der Waals surface area contributed by atoms with Crippen molar-refractivity contribution in [2.45, 2.75) is 110 Å². The van der Waals surface area contributed by atoms with Gasteiger partial charge in [0.05, 0.1) is 6.10 Å². The average Bonchev–Trinajstić information content (AvgIpc) is 2.99. The van der Waals surface area contributed by atoms with Crippen LogP contribution in [-0.2, 0) is 66.7 Å². The molecule has 1 aromatic rings. The molecule has 7 atom stereocenters. The lowest BCUT2D eigenvalue weighted by atomic mass is 9.93. The first kappa shape index (κ1) is 38.6. The van der Waals surface area contributed by atoms with Crippen molar-refractivity contribution >= 4 is 47.9 Å². The Morgan fingerprint density at radius 2 is 1.27 bits per heavy atom. The number of esters is 7. The van der Waals surface area contributed by atoms with Gasteiger partial charge in [0.15, 0.2) is 36.1 Å². The molecule has 1 aliphatic heterocycles. The van der Waals surface area contributed by atoms with E-state index >= 15 is 0 Å². The van der Waals surface area contributed by atoms with Crippen LogP contribution in [0.3, 0.4) is 0 Å². The molecule has 16 heteroatoms. The molecule has 0 amide bonds. The number of hydrogen-bond acceptors (Lipinski definition) is 16. The van der Waals surface area contributed by atoms with Crippen LogP contribution in [0.1, 0.15) is 72.8 Å². The summed E-state index contributed by atoms with van der Waals surface area (Å²) >= 11 is 0. The van der Waals surface area contributed by atoms with Gasteiger partial charge in [-0.1, -0.05) is 12.5 Å². The first-order valence-corrected chi connectivity index (χ1v) is 15.5. The first-order chi connectivity index (χ1) is 23.1. The number of hydrogen-bond donors (Lipinski definition) is 0. The smallest absolute Gasteiger partial charge is 0.331 e. The van der Waals surface area contributed by atoms with Gasteiger partial charge in [0.25, 0.3) is 0 Å². The molecule has 2 aliphatic rings. The van der Waals surface area contributed by atoms with E-state index in [-0.39, 0.29) is 11.5 Å². The van der Waals surface area contributed by atoms with E-state index in [1.165, 1.54) is 38.1 Å². The molecule has 16 nitrogen and oxygen atoms in total. The molecule has 268 valence electrons. The topological polar surface area (TPSA) is 203 Å². The third kappa shape index (κ3) is 12.3. The van der Waals surface area contributed by atoms with Gasteiger partial charge in [0.1, 0.15) is 18.8 Å². The van der Waals surface area contributed by atoms with Crippen molar-refractivity contribution in [2.75, 3.05) is 6.61 Å². The minimum atomic E-state index is -1.55. The highest BCUT2D eigenvalue weighted by atomic mass is 16.7. The monoisotopic (exact) mass is 692 g/mol. The van der Waals surface area contributed by atoms with Crippen LogP contribution in [-0.4, -0.2) is 91.3 Å². The zero-order valence-electron chi connectivity index (χ0n) is 28.0. The van der Waals surface area contributed by atoms with Crippen LogP contribution in [0.5, 0.6) is 11.5 Å². The van der Waals surface area contributed by atoms with Crippen molar-refractivity contribution in [2.24, 2.45) is 0 Å². The Hall–Kier alpha value is -4.83. The molecule has 2 fully saturated rings. The number of ether oxygens (including phenoxy) is 9. The first-order valence-electron chi connectivity index (χ1n) is 15.5. The maximum absolute atomic E-state index is 13.3. The molecular formula is C33H40O16. The van der Waals surface area contributed by atoms with E-state index in [0.717, 1.165) is 40.2 Å². The Morgan fingerprint density at radius 3 is 1.86 bits per heavy atom. The molecular weight excluding hydrogens is 652 g/mol. The molecule has 3 rings (SSSR count). The van der Waals surface area contributed by atoms with Crippen LogP contribution in [0.25, 0.3) is 6.08 Å². The third-order valence-corrected chi connectivity index (χ3v) is 7.05. The lowest BCUT2D eigenvalue weighted by molar-refractivity contribution is -0.323. The van der Waals surface area contributed by atoms with Gasteiger partial charge in [-0.15, -0.1) is 0 Å². The van der Waals surface area contributed by atoms with Gasteiger partial charge in [0, 0.05) is 47.6 Å². The van der Waals surface area contributed by atoms with E-state index in [0.29, 0.717) is 24.8 Å². The summed E-state index contributed by atoms with van der Waals surface area (Å²) in [7, 11) is 0. The normalized spacial score (nSPS) is 25.0. The second-order valence-electron chi connectivity index (χ2n) is 11.2. The van der Waals surface area contributed by atoms with Crippen LogP contribution >= 0.6 is 0 Å². The summed E-state index contributed by atoms with van der Waals surface area (Å²) in [4.78, 5) is 84.3. The van der Waals surface area contributed by atoms with Crippen molar-refractivity contribution in [3.05, 3.63) is 29.8 Å². The predicted molar refractivity (Wildman–Crippen MR) is 163 cm³/mol. The molecule has 1 heterocycles. The van der Waals surface area contributed by atoms with Crippen molar-refractivity contribution in [1.29, 1.82) is 0 Å². The van der Waals surface area contributed by atoms with Gasteiger partial charge in [0.2, 0.25) is 0 Å². The number of carbonyl (C=O) groups is 7. The lowest BCUT2D eigenvalue weighted by Crippen LogP contribution is -2.63. The Balaban J connectivity index is 1.98. The van der Waals surface area contributed by atoms with Crippen molar-refractivity contribution in [3.8, 4) is 11.5 Å². The minimum absolute atomic E-state index is 0.0272. The highest BCUT2D eigenvalue weighted by Gasteiger charge is 2.54. The largest absolute Gasteiger partial charge is 0.463 e. The Bertz CT molecular complexity index is 1430. The molecule has 1 aromatic carbocycles. The summed E-state index contributed by atoms with van der Waals surface area (Å²) in [6, 6.07) is 4.17. The number of benzene rings is 1. The van der Waals surface area contributed by atoms with E-state index < -0.39 is 91.3 Å². The van der Waals surface area contributed by atoms with Gasteiger partial charge in [-0.25, -0.2) is 4.79 Å². The van der Waals surface area contributed by atoms with Crippen LogP contribution < -0.4 is 9.47 Å². The molecule has 0 radical (unpaired) electrons. The van der Waals surface area contributed by atoms with E-state index in [2.05, 4.69) is 0 Å². The van der Waals surface area contributed by atoms with Crippen LogP contribution in [0.2, 0.25) is 0 Å². The molecule has 1 saturated heterocycles. The van der Waals surface area contributed by atoms with Gasteiger partial charge in [-0.3, -0.25) is 28.8 Å². The molecule has 1 saturated carbocycles. The maximum atomic E-state index is 13.3. The maximum Gasteiger partial charge on any atom is 0.331 e. The Labute approximate surface area is 282 Å². The second-order valence-corrected chi connectivity index (χ2v) is 11.2. The quantitative estimate of drug-likeness (QED) is 0.134. The molecule has 0 unspecified atom stereocenters. The van der Waals surface area contributed by atoms with Crippen molar-refractivity contribution < 1.29 is 76.2 Å². The fourth-order valence-electron chi connectivity index (χ4n) is 5.29. The lowest BCUT2D eigenvalue weighted by Gasteiger charge is -2.45. The van der Waals surface area contributed by atoms with Crippen LogP contribution in [0.15, 0.2) is 24.3 Å². The van der Waals surface area contributed by atoms with Crippen LogP contribution in [0.4, 0.5) is 0 Å². The highest BCUT2D eigenvalue weighted by molar-refractivity contribution is 5.87. The fourth-order valence-corrected chi connectivity index (χ4v) is 5.29. The molecule has 49 heavy (non-hydrogen) atoms. The second kappa shape index (κ2) is 18.1. The molecule has 1 aliphatic carbocycles. The average molecular weight is 693 g/mol. The molecule has 0 bridgehead atoms. The SMILES string of the molecule is CC(=O)OC[C@@H]1O[C@H](O[C@H]2CCCC[C@@H]2OC(C)=O)[C@@H](OC(=O)C=Cc2ccc(OC(C)=O)c(OC(C)=O)c2)[C@H](OC(C)=O)[C@@H]1OC(C)=O. The third-order valence-electron chi connectivity index (χ3n) is 7.05. The zero-order chi connectivity index (χ0) is 36.2. The van der Waals surface area contributed by atoms with Crippen molar-refractivity contribution in [3.63, 3.8) is 0 Å². The number of rotatable bonds is 12. The standard InChI is InChI=1S/C33H40O16/c1-17(34)41-16-28-30(45-21(5)38)31(46-22(6)39)32(33(48-28)47-25-10-8-7-9-24(25)42-18(2)35)49-29(40)14-12-23-11-13-26(43-19(3)36)27(15-23)44-20(4)37/h11-15,24-25,28,30-33H,7-10,16H2,1-6H3/t24-,25-,28-,30+,31+,32-,33-/m0/s1. The van der Waals surface area contributed by atoms with Crippen LogP contribution in [0, 0.1) is 0 Å². The summed E-state index contributed by atoms with van der Waals surface area (Å²) in [6.07, 6.45) is -3.90. The molecule has 0 spiro atoms. The highest BCUT2D eigenvalue weighted by Crippen LogP contribution is 2.34. The summed E-state index contributed by atoms with van der Waals surface area (Å²) in [5, 5.41) is 0. The molecule has 0 aromatic heterocycles. The summed E-state index contributed by atoms with van der Waals surface area (Å²) < 4.78 is 49.8. The van der Waals surface area contributed by atoms with E-state index in [9.17, 15) is 33.6 Å². The van der Waals surface area contributed by atoms with Gasteiger partial charge < -0.3 is 42.6 Å². The van der Waals surface area contributed by atoms with Gasteiger partial charge >= 0.3 is 41.8 Å². The van der Waals surface area contributed by atoms with E-state index in [4.69, 9.17) is 42.6 Å². The van der Waals surface area contributed by atoms with Crippen molar-refractivity contribution in [1.82, 2.24) is 0 Å². The molecule has 0 N–H and O–H groups in total. The summed E-state index contributed by atoms with van der Waals surface area (Å²) in [6.45, 7) is 6.49. The van der Waals surface area contributed by atoms with E-state index in [1.54, 1.807) is 0 Å². The minimum Gasteiger partial charge on any atom is -0.463 e. The zero-order valence-corrected chi connectivity index (χ0v) is 28.0. The van der Waals surface area contributed by atoms with Gasteiger partial charge in [-0.05, 0) is 43.0 Å². The Morgan fingerprint density at radius 1 is 0.673 bits per heavy atom.